The van der Waals surface area contributed by atoms with Crippen molar-refractivity contribution in [3.05, 3.63) is 65.7 Å². The Balaban J connectivity index is 1.71. The Bertz CT molecular complexity index is 962. The molecule has 1 heterocycles. The number of aliphatic hydroxyl groups excluding tert-OH is 1. The number of likely N-dealkylation sites (tertiary alicyclic amines) is 1. The van der Waals surface area contributed by atoms with E-state index in [-0.39, 0.29) is 16.9 Å². The molecule has 0 radical (unpaired) electrons. The van der Waals surface area contributed by atoms with E-state index in [1.807, 2.05) is 30.3 Å². The molecule has 162 valence electrons. The summed E-state index contributed by atoms with van der Waals surface area (Å²) in [7, 11) is -2.37. The summed E-state index contributed by atoms with van der Waals surface area (Å²) in [4.78, 5) is 14.6. The van der Waals surface area contributed by atoms with E-state index < -0.39 is 22.4 Å². The number of nitrogens with one attached hydrogen (secondary N) is 2. The van der Waals surface area contributed by atoms with Crippen molar-refractivity contribution in [2.45, 2.75) is 36.7 Å². The molecule has 2 aromatic rings. The van der Waals surface area contributed by atoms with Crippen molar-refractivity contribution in [2.24, 2.45) is 0 Å². The Kier molecular flexibility index (Phi) is 7.22. The zero-order chi connectivity index (χ0) is 21.7. The summed E-state index contributed by atoms with van der Waals surface area (Å²) in [6.45, 7) is 2.60. The number of amides is 1. The molecule has 1 saturated heterocycles. The van der Waals surface area contributed by atoms with E-state index in [1.165, 1.54) is 6.07 Å². The van der Waals surface area contributed by atoms with Gasteiger partial charge in [-0.15, -0.1) is 0 Å². The fourth-order valence-electron chi connectivity index (χ4n) is 3.35. The molecule has 0 aromatic heterocycles. The summed E-state index contributed by atoms with van der Waals surface area (Å²) < 4.78 is 32.7. The molecule has 0 aliphatic carbocycles. The molecule has 0 bridgehead atoms. The van der Waals surface area contributed by atoms with Gasteiger partial charge in [-0.25, -0.2) is 8.42 Å². The highest BCUT2D eigenvalue weighted by atomic mass is 32.2. The first kappa shape index (κ1) is 22.4. The van der Waals surface area contributed by atoms with Crippen LogP contribution in [0, 0.1) is 6.92 Å². The maximum Gasteiger partial charge on any atom is 0.244 e. The molecule has 3 N–H and O–H groups in total. The van der Waals surface area contributed by atoms with Crippen LogP contribution in [0.5, 0.6) is 0 Å². The van der Waals surface area contributed by atoms with Crippen LogP contribution in [0.2, 0.25) is 0 Å². The Labute approximate surface area is 176 Å². The lowest BCUT2D eigenvalue weighted by molar-refractivity contribution is -0.146. The largest absolute Gasteiger partial charge is 0.378 e. The first-order valence-electron chi connectivity index (χ1n) is 9.67. The molecule has 1 aliphatic rings. The third-order valence-electron chi connectivity index (χ3n) is 5.08. The quantitative estimate of drug-likeness (QED) is 0.500. The number of aliphatic hydroxyl groups is 1. The van der Waals surface area contributed by atoms with Crippen LogP contribution in [-0.4, -0.2) is 63.0 Å². The number of benzene rings is 2. The van der Waals surface area contributed by atoms with Crippen LogP contribution in [0.3, 0.4) is 0 Å². The van der Waals surface area contributed by atoms with Gasteiger partial charge in [-0.3, -0.25) is 10.1 Å². The third kappa shape index (κ3) is 5.44. The number of hydrogen-bond donors (Lipinski definition) is 3. The number of nitrogens with zero attached hydrogens (tertiary/aromatic N) is 1. The van der Waals surface area contributed by atoms with Gasteiger partial charge in [0, 0.05) is 20.2 Å². The molecule has 8 nitrogen and oxygen atoms in total. The van der Waals surface area contributed by atoms with Gasteiger partial charge in [0.1, 0.15) is 0 Å². The van der Waals surface area contributed by atoms with Gasteiger partial charge in [0.2, 0.25) is 15.9 Å². The van der Waals surface area contributed by atoms with E-state index >= 15 is 0 Å². The van der Waals surface area contributed by atoms with E-state index in [2.05, 4.69) is 10.0 Å². The Morgan fingerprint density at radius 2 is 1.80 bits per heavy atom. The van der Waals surface area contributed by atoms with E-state index in [0.717, 1.165) is 5.56 Å². The second-order valence-corrected chi connectivity index (χ2v) is 8.98. The number of sulfonamides is 1. The summed E-state index contributed by atoms with van der Waals surface area (Å²) in [5, 5.41) is 13.1. The summed E-state index contributed by atoms with van der Waals surface area (Å²) in [5.41, 5.74) is 1.45. The van der Waals surface area contributed by atoms with Crippen LogP contribution < -0.4 is 10.0 Å². The number of carbonyl (C=O) groups is 1. The highest BCUT2D eigenvalue weighted by Crippen LogP contribution is 2.16. The molecule has 0 spiro atoms. The highest BCUT2D eigenvalue weighted by Gasteiger charge is 2.35. The molecule has 1 amide bonds. The minimum atomic E-state index is -3.97. The standard InChI is InChI=1S/C21H27N3O5S/c1-15-8-6-7-11-19(15)30(27,28)23-21(26)22-18(12-16-9-4-3-5-10-16)20(25)24-13-17(14-24)29-2/h3-11,17-18,21-23,26H,12-14H2,1-2H3/t18-,21?/m0/s1. The van der Waals surface area contributed by atoms with Crippen LogP contribution in [-0.2, 0) is 26.0 Å². The average Bonchev–Trinajstić information content (AvgIpc) is 2.67. The monoisotopic (exact) mass is 433 g/mol. The molecule has 9 heteroatoms. The molecule has 3 rings (SSSR count). The van der Waals surface area contributed by atoms with Gasteiger partial charge < -0.3 is 14.7 Å². The lowest BCUT2D eigenvalue weighted by Crippen LogP contribution is -2.62. The van der Waals surface area contributed by atoms with Crippen LogP contribution >= 0.6 is 0 Å². The van der Waals surface area contributed by atoms with E-state index in [1.54, 1.807) is 37.1 Å². The van der Waals surface area contributed by atoms with Crippen molar-refractivity contribution in [1.82, 2.24) is 14.9 Å². The van der Waals surface area contributed by atoms with Crippen molar-refractivity contribution in [3.8, 4) is 0 Å². The van der Waals surface area contributed by atoms with Crippen molar-refractivity contribution in [2.75, 3.05) is 20.2 Å². The van der Waals surface area contributed by atoms with Crippen molar-refractivity contribution < 1.29 is 23.1 Å². The molecule has 2 atom stereocenters. The van der Waals surface area contributed by atoms with Gasteiger partial charge in [-0.2, -0.15) is 4.72 Å². The minimum absolute atomic E-state index is 0.00388. The van der Waals surface area contributed by atoms with Crippen molar-refractivity contribution >= 4 is 15.9 Å². The van der Waals surface area contributed by atoms with Crippen LogP contribution in [0.25, 0.3) is 0 Å². The zero-order valence-corrected chi connectivity index (χ0v) is 17.8. The molecule has 1 aliphatic heterocycles. The number of methoxy groups -OCH3 is 1. The van der Waals surface area contributed by atoms with Crippen LogP contribution in [0.1, 0.15) is 11.1 Å². The Hall–Kier alpha value is -2.30. The van der Waals surface area contributed by atoms with Crippen LogP contribution in [0.15, 0.2) is 59.5 Å². The SMILES string of the molecule is COC1CN(C(=O)[C@H](Cc2ccccc2)NC(O)NS(=O)(=O)c2ccccc2C)C1. The molecule has 1 fully saturated rings. The predicted octanol–water partition coefficient (Wildman–Crippen LogP) is 0.607. The Morgan fingerprint density at radius 1 is 1.17 bits per heavy atom. The fourth-order valence-corrected chi connectivity index (χ4v) is 4.59. The summed E-state index contributed by atoms with van der Waals surface area (Å²) in [6, 6.07) is 15.0. The summed E-state index contributed by atoms with van der Waals surface area (Å²) in [5.74, 6) is -0.221. The first-order valence-corrected chi connectivity index (χ1v) is 11.2. The van der Waals surface area contributed by atoms with Gasteiger partial charge in [0.15, 0.2) is 6.35 Å². The molecule has 30 heavy (non-hydrogen) atoms. The normalized spacial score (nSPS) is 16.7. The predicted molar refractivity (Wildman–Crippen MR) is 112 cm³/mol. The van der Waals surface area contributed by atoms with Crippen molar-refractivity contribution in [3.63, 3.8) is 0 Å². The van der Waals surface area contributed by atoms with E-state index in [0.29, 0.717) is 25.1 Å². The molecule has 1 unspecified atom stereocenters. The summed E-state index contributed by atoms with van der Waals surface area (Å²) in [6.07, 6.45) is -1.33. The fraction of sp³-hybridized carbons (Fsp3) is 0.381. The van der Waals surface area contributed by atoms with Crippen molar-refractivity contribution in [1.29, 1.82) is 0 Å². The van der Waals surface area contributed by atoms with Gasteiger partial charge in [0.25, 0.3) is 0 Å². The molecule has 0 saturated carbocycles. The second-order valence-electron chi connectivity index (χ2n) is 7.30. The highest BCUT2D eigenvalue weighted by molar-refractivity contribution is 7.89. The lowest BCUT2D eigenvalue weighted by atomic mass is 10.0. The number of rotatable bonds is 9. The number of ether oxygens (including phenoxy) is 1. The molecular weight excluding hydrogens is 406 g/mol. The maximum atomic E-state index is 12.9. The van der Waals surface area contributed by atoms with Gasteiger partial charge >= 0.3 is 0 Å². The van der Waals surface area contributed by atoms with Gasteiger partial charge in [-0.05, 0) is 30.5 Å². The number of aryl methyl sites for hydroxylation is 1. The van der Waals surface area contributed by atoms with Gasteiger partial charge in [0.05, 0.1) is 17.0 Å². The maximum absolute atomic E-state index is 12.9. The number of hydrogen-bond acceptors (Lipinski definition) is 6. The van der Waals surface area contributed by atoms with E-state index in [9.17, 15) is 18.3 Å². The van der Waals surface area contributed by atoms with E-state index in [4.69, 9.17) is 4.74 Å². The van der Waals surface area contributed by atoms with Crippen LogP contribution in [0.4, 0.5) is 0 Å². The minimum Gasteiger partial charge on any atom is -0.378 e. The second kappa shape index (κ2) is 9.67. The molecular formula is C21H27N3O5S. The summed E-state index contributed by atoms with van der Waals surface area (Å²) >= 11 is 0. The smallest absolute Gasteiger partial charge is 0.244 e. The topological polar surface area (TPSA) is 108 Å². The third-order valence-corrected chi connectivity index (χ3v) is 6.65. The molecule has 2 aromatic carbocycles. The van der Waals surface area contributed by atoms with Gasteiger partial charge in [-0.1, -0.05) is 48.5 Å². The first-order chi connectivity index (χ1) is 14.3. The lowest BCUT2D eigenvalue weighted by Gasteiger charge is -2.40. The average molecular weight is 434 g/mol. The zero-order valence-electron chi connectivity index (χ0n) is 17.0. The Morgan fingerprint density at radius 3 is 2.43 bits per heavy atom. The number of carbonyl (C=O) groups excluding carboxylic acids is 1.